The number of carbonyl (C=O) groups excluding carboxylic acids is 1. The van der Waals surface area contributed by atoms with E-state index >= 15 is 0 Å². The van der Waals surface area contributed by atoms with E-state index in [1.54, 1.807) is 0 Å². The number of rotatable bonds is 5. The lowest BCUT2D eigenvalue weighted by atomic mass is 10.1. The third-order valence-corrected chi connectivity index (χ3v) is 4.99. The maximum absolute atomic E-state index is 13.2. The Kier molecular flexibility index (Phi) is 6.53. The van der Waals surface area contributed by atoms with Gasteiger partial charge in [0, 0.05) is 9.05 Å². The van der Waals surface area contributed by atoms with Crippen molar-refractivity contribution in [2.75, 3.05) is 5.32 Å². The van der Waals surface area contributed by atoms with Crippen molar-refractivity contribution in [2.45, 2.75) is 17.2 Å². The summed E-state index contributed by atoms with van der Waals surface area (Å²) in [5.74, 6) is -2.05. The monoisotopic (exact) mass is 510 g/mol. The molecule has 0 unspecified atom stereocenters. The van der Waals surface area contributed by atoms with E-state index in [0.717, 1.165) is 30.6 Å². The Morgan fingerprint density at radius 1 is 0.971 bits per heavy atom. The molecule has 3 N–H and O–H groups in total. The Morgan fingerprint density at radius 2 is 1.68 bits per heavy atom. The molecule has 0 atom stereocenters. The maximum atomic E-state index is 13.2. The number of ether oxygens (including phenoxy) is 1. The smallest absolute Gasteiger partial charge is 0.433 e. The summed E-state index contributed by atoms with van der Waals surface area (Å²) in [6.45, 7) is 0. The van der Waals surface area contributed by atoms with E-state index in [4.69, 9.17) is 9.88 Å². The SMILES string of the molecule is NS(=O)(=O)c1cncc(NC(=O)c2ccc(C(F)(F)F)cc2Oc2ccc(C(F)(F)F)nc2)c1.[HH].[HH]. The van der Waals surface area contributed by atoms with Crippen LogP contribution in [0.25, 0.3) is 0 Å². The van der Waals surface area contributed by atoms with Crippen LogP contribution in [0.1, 0.15) is 24.5 Å². The van der Waals surface area contributed by atoms with Crippen molar-refractivity contribution in [3.63, 3.8) is 0 Å². The number of nitrogens with zero attached hydrogens (tertiary/aromatic N) is 2. The average Bonchev–Trinajstić information content (AvgIpc) is 2.72. The van der Waals surface area contributed by atoms with Gasteiger partial charge in [0.25, 0.3) is 5.91 Å². The quantitative estimate of drug-likeness (QED) is 0.480. The molecule has 0 spiro atoms. The van der Waals surface area contributed by atoms with Crippen LogP contribution in [0.2, 0.25) is 0 Å². The highest BCUT2D eigenvalue weighted by atomic mass is 32.2. The van der Waals surface area contributed by atoms with Gasteiger partial charge in [0.2, 0.25) is 10.0 Å². The molecule has 34 heavy (non-hydrogen) atoms. The number of hydrogen-bond donors (Lipinski definition) is 2. The number of nitrogens with two attached hydrogens (primary N) is 1. The van der Waals surface area contributed by atoms with Gasteiger partial charge >= 0.3 is 12.4 Å². The summed E-state index contributed by atoms with van der Waals surface area (Å²) in [5, 5.41) is 7.23. The summed E-state index contributed by atoms with van der Waals surface area (Å²) in [6, 6.07) is 4.17. The first kappa shape index (κ1) is 24.9. The standard InChI is InChI=1S/C19H12F6N4O4S.2H2/c20-18(21,22)10-1-3-14(17(30)29-11-6-13(9-27-7-11)34(26,31)32)15(5-10)33-12-2-4-16(28-8-12)19(23,24)25;;/h1-9H,(H,29,30)(H2,26,31,32);2*1H. The molecule has 0 aliphatic carbocycles. The fraction of sp³-hybridized carbons (Fsp3) is 0.105. The number of sulfonamides is 1. The molecule has 15 heteroatoms. The van der Waals surface area contributed by atoms with Crippen molar-refractivity contribution >= 4 is 21.6 Å². The fourth-order valence-electron chi connectivity index (χ4n) is 2.55. The second-order valence-electron chi connectivity index (χ2n) is 6.60. The molecule has 2 aromatic heterocycles. The zero-order valence-electron chi connectivity index (χ0n) is 16.5. The topological polar surface area (TPSA) is 124 Å². The lowest BCUT2D eigenvalue weighted by Crippen LogP contribution is -2.16. The molecule has 1 aromatic carbocycles. The van der Waals surface area contributed by atoms with Crippen molar-refractivity contribution in [1.82, 2.24) is 9.97 Å². The number of anilines is 1. The summed E-state index contributed by atoms with van der Waals surface area (Å²) in [5.41, 5.74) is -3.06. The second-order valence-corrected chi connectivity index (χ2v) is 8.16. The van der Waals surface area contributed by atoms with Crippen LogP contribution in [0, 0.1) is 0 Å². The summed E-state index contributed by atoms with van der Waals surface area (Å²) in [7, 11) is -4.16. The van der Waals surface area contributed by atoms with Gasteiger partial charge in [0.1, 0.15) is 22.1 Å². The number of primary sulfonamides is 1. The van der Waals surface area contributed by atoms with Crippen molar-refractivity contribution in [3.8, 4) is 11.5 Å². The van der Waals surface area contributed by atoms with Gasteiger partial charge in [0.15, 0.2) is 0 Å². The van der Waals surface area contributed by atoms with Gasteiger partial charge in [-0.1, -0.05) is 0 Å². The number of halogens is 6. The third kappa shape index (κ3) is 5.99. The van der Waals surface area contributed by atoms with E-state index in [2.05, 4.69) is 15.3 Å². The number of benzene rings is 1. The molecule has 0 aliphatic rings. The molecule has 3 aromatic rings. The van der Waals surface area contributed by atoms with Crippen molar-refractivity contribution < 1.29 is 47.1 Å². The van der Waals surface area contributed by atoms with Crippen LogP contribution in [0.5, 0.6) is 11.5 Å². The normalized spacial score (nSPS) is 12.3. The van der Waals surface area contributed by atoms with Gasteiger partial charge in [-0.3, -0.25) is 9.78 Å². The van der Waals surface area contributed by atoms with E-state index < -0.39 is 55.7 Å². The van der Waals surface area contributed by atoms with Crippen LogP contribution in [-0.4, -0.2) is 24.3 Å². The Morgan fingerprint density at radius 3 is 2.24 bits per heavy atom. The number of amides is 1. The summed E-state index contributed by atoms with van der Waals surface area (Å²) < 4.78 is 106. The first-order valence-corrected chi connectivity index (χ1v) is 10.4. The fourth-order valence-corrected chi connectivity index (χ4v) is 3.05. The summed E-state index contributed by atoms with van der Waals surface area (Å²) in [6.07, 6.45) is -6.98. The van der Waals surface area contributed by atoms with E-state index in [0.29, 0.717) is 24.4 Å². The van der Waals surface area contributed by atoms with Gasteiger partial charge in [-0.25, -0.2) is 18.5 Å². The molecular formula is C19H16F6N4O4S. The molecule has 2 heterocycles. The lowest BCUT2D eigenvalue weighted by Gasteiger charge is -2.15. The van der Waals surface area contributed by atoms with Crippen molar-refractivity contribution in [1.29, 1.82) is 0 Å². The van der Waals surface area contributed by atoms with Gasteiger partial charge in [0.05, 0.1) is 29.2 Å². The highest BCUT2D eigenvalue weighted by Gasteiger charge is 2.33. The molecule has 184 valence electrons. The molecule has 0 bridgehead atoms. The van der Waals surface area contributed by atoms with Crippen molar-refractivity contribution in [3.05, 3.63) is 71.8 Å². The Hall–Kier alpha value is -3.72. The second kappa shape index (κ2) is 8.90. The maximum Gasteiger partial charge on any atom is 0.433 e. The highest BCUT2D eigenvalue weighted by molar-refractivity contribution is 7.89. The number of nitrogens with one attached hydrogen (secondary N) is 1. The van der Waals surface area contributed by atoms with Crippen LogP contribution >= 0.6 is 0 Å². The van der Waals surface area contributed by atoms with E-state index in [-0.39, 0.29) is 14.3 Å². The molecule has 0 saturated carbocycles. The Balaban J connectivity index is 0.00000324. The average molecular weight is 510 g/mol. The summed E-state index contributed by atoms with van der Waals surface area (Å²) >= 11 is 0. The number of aromatic nitrogens is 2. The third-order valence-electron chi connectivity index (χ3n) is 4.11. The Labute approximate surface area is 190 Å². The minimum Gasteiger partial charge on any atom is -0.455 e. The number of pyridine rings is 2. The van der Waals surface area contributed by atoms with Gasteiger partial charge < -0.3 is 10.1 Å². The first-order valence-electron chi connectivity index (χ1n) is 8.86. The van der Waals surface area contributed by atoms with Crippen LogP contribution in [-0.2, 0) is 22.4 Å². The Bertz CT molecular complexity index is 1340. The first-order chi connectivity index (χ1) is 15.6. The van der Waals surface area contributed by atoms with Crippen LogP contribution in [0.15, 0.2) is 59.9 Å². The largest absolute Gasteiger partial charge is 0.455 e. The van der Waals surface area contributed by atoms with Gasteiger partial charge in [-0.05, 0) is 36.4 Å². The van der Waals surface area contributed by atoms with Crippen LogP contribution in [0.4, 0.5) is 32.0 Å². The van der Waals surface area contributed by atoms with E-state index in [9.17, 15) is 39.6 Å². The molecule has 3 rings (SSSR count). The predicted octanol–water partition coefficient (Wildman–Crippen LogP) is 4.70. The highest BCUT2D eigenvalue weighted by Crippen LogP contribution is 2.36. The van der Waals surface area contributed by atoms with E-state index in [1.165, 1.54) is 0 Å². The van der Waals surface area contributed by atoms with Crippen molar-refractivity contribution in [2.24, 2.45) is 5.14 Å². The summed E-state index contributed by atoms with van der Waals surface area (Å²) in [4.78, 5) is 19.0. The molecule has 0 saturated heterocycles. The lowest BCUT2D eigenvalue weighted by molar-refractivity contribution is -0.141. The van der Waals surface area contributed by atoms with Gasteiger partial charge in [-0.15, -0.1) is 0 Å². The predicted molar refractivity (Wildman–Crippen MR) is 109 cm³/mol. The molecule has 0 radical (unpaired) electrons. The molecular weight excluding hydrogens is 494 g/mol. The zero-order chi connectivity index (χ0) is 25.3. The molecule has 8 nitrogen and oxygen atoms in total. The molecule has 1 amide bonds. The number of hydrogen-bond acceptors (Lipinski definition) is 6. The van der Waals surface area contributed by atoms with Gasteiger partial charge in [-0.2, -0.15) is 26.3 Å². The zero-order valence-corrected chi connectivity index (χ0v) is 17.3. The van der Waals surface area contributed by atoms with Crippen LogP contribution < -0.4 is 15.2 Å². The van der Waals surface area contributed by atoms with Crippen LogP contribution in [0.3, 0.4) is 0 Å². The molecule has 0 fully saturated rings. The number of alkyl halides is 6. The van der Waals surface area contributed by atoms with E-state index in [1.807, 2.05) is 0 Å². The number of carbonyl (C=O) groups is 1. The minimum atomic E-state index is -4.82. The minimum absolute atomic E-state index is 0. The molecule has 0 aliphatic heterocycles.